The third-order valence-electron chi connectivity index (χ3n) is 5.67. The molecule has 1 aliphatic heterocycles. The number of benzene rings is 2. The number of hydrogen-bond acceptors (Lipinski definition) is 4. The van der Waals surface area contributed by atoms with Gasteiger partial charge in [-0.3, -0.25) is 9.69 Å². The summed E-state index contributed by atoms with van der Waals surface area (Å²) < 4.78 is 25.0. The van der Waals surface area contributed by atoms with Gasteiger partial charge in [0.25, 0.3) is 5.91 Å². The van der Waals surface area contributed by atoms with Crippen LogP contribution in [0.4, 0.5) is 0 Å². The fourth-order valence-electron chi connectivity index (χ4n) is 3.90. The molecule has 0 bridgehead atoms. The smallest absolute Gasteiger partial charge is 0.252 e. The molecule has 1 saturated heterocycles. The second-order valence-electron chi connectivity index (χ2n) is 8.28. The Bertz CT molecular complexity index is 964. The maximum Gasteiger partial charge on any atom is 0.252 e. The molecule has 0 spiro atoms. The Balaban J connectivity index is 1.64. The van der Waals surface area contributed by atoms with Crippen LogP contribution in [0.15, 0.2) is 53.4 Å². The first-order valence-electron chi connectivity index (χ1n) is 10.8. The third-order valence-corrected chi connectivity index (χ3v) is 7.64. The molecule has 0 atom stereocenters. The van der Waals surface area contributed by atoms with E-state index < -0.39 is 9.84 Å². The van der Waals surface area contributed by atoms with Crippen LogP contribution in [-0.4, -0.2) is 38.1 Å². The number of piperidine rings is 1. The van der Waals surface area contributed by atoms with Crippen molar-refractivity contribution in [1.82, 2.24) is 10.2 Å². The lowest BCUT2D eigenvalue weighted by Gasteiger charge is -2.30. The zero-order valence-electron chi connectivity index (χ0n) is 17.9. The lowest BCUT2D eigenvalue weighted by atomic mass is 9.98. The highest BCUT2D eigenvalue weighted by atomic mass is 32.2. The molecular weight excluding hydrogens is 396 g/mol. The van der Waals surface area contributed by atoms with E-state index in [1.807, 2.05) is 19.1 Å². The van der Waals surface area contributed by atoms with Crippen molar-refractivity contribution in [2.45, 2.75) is 51.1 Å². The van der Waals surface area contributed by atoms with Crippen molar-refractivity contribution >= 4 is 15.7 Å². The molecule has 1 aliphatic rings. The van der Waals surface area contributed by atoms with Gasteiger partial charge < -0.3 is 5.32 Å². The molecule has 1 N–H and O–H groups in total. The quantitative estimate of drug-likeness (QED) is 0.689. The molecule has 0 aliphatic carbocycles. The zero-order valence-corrected chi connectivity index (χ0v) is 18.7. The van der Waals surface area contributed by atoms with Gasteiger partial charge in [0, 0.05) is 13.1 Å². The monoisotopic (exact) mass is 428 g/mol. The number of rotatable bonds is 8. The number of carbonyl (C=O) groups excluding carboxylic acids is 1. The summed E-state index contributed by atoms with van der Waals surface area (Å²) in [5, 5.41) is 2.89. The molecule has 1 heterocycles. The molecule has 162 valence electrons. The van der Waals surface area contributed by atoms with E-state index in [0.717, 1.165) is 31.1 Å². The molecule has 6 heteroatoms. The first-order valence-corrected chi connectivity index (χ1v) is 12.4. The van der Waals surface area contributed by atoms with Crippen molar-refractivity contribution < 1.29 is 13.2 Å². The number of nitrogens with zero attached hydrogens (tertiary/aromatic N) is 1. The van der Waals surface area contributed by atoms with Gasteiger partial charge >= 0.3 is 0 Å². The minimum atomic E-state index is -3.46. The molecule has 0 unspecified atom stereocenters. The summed E-state index contributed by atoms with van der Waals surface area (Å²) in [6.45, 7) is 7.68. The molecule has 30 heavy (non-hydrogen) atoms. The van der Waals surface area contributed by atoms with E-state index >= 15 is 0 Å². The van der Waals surface area contributed by atoms with Crippen LogP contribution in [0.1, 0.15) is 54.6 Å². The van der Waals surface area contributed by atoms with Gasteiger partial charge in [-0.05, 0) is 61.5 Å². The molecular formula is C24H32N2O3S. The molecule has 0 aromatic heterocycles. The van der Waals surface area contributed by atoms with Gasteiger partial charge in [0.2, 0.25) is 0 Å². The van der Waals surface area contributed by atoms with E-state index in [-0.39, 0.29) is 22.1 Å². The van der Waals surface area contributed by atoms with Gasteiger partial charge in [-0.25, -0.2) is 8.42 Å². The number of likely N-dealkylation sites (tertiary alicyclic amines) is 1. The van der Waals surface area contributed by atoms with E-state index in [4.69, 9.17) is 0 Å². The first-order chi connectivity index (χ1) is 14.4. The highest BCUT2D eigenvalue weighted by Crippen LogP contribution is 2.20. The average Bonchev–Trinajstić information content (AvgIpc) is 2.74. The number of amides is 1. The maximum absolute atomic E-state index is 12.7. The maximum atomic E-state index is 12.7. The van der Waals surface area contributed by atoms with Crippen molar-refractivity contribution in [2.75, 3.05) is 18.8 Å². The molecule has 0 radical (unpaired) electrons. The number of carbonyl (C=O) groups is 1. The minimum absolute atomic E-state index is 0.0363. The Morgan fingerprint density at radius 2 is 1.77 bits per heavy atom. The van der Waals surface area contributed by atoms with Crippen molar-refractivity contribution in [3.63, 3.8) is 0 Å². The van der Waals surface area contributed by atoms with E-state index in [1.54, 1.807) is 18.2 Å². The largest absolute Gasteiger partial charge is 0.348 e. The summed E-state index contributed by atoms with van der Waals surface area (Å²) in [6.07, 6.45) is 3.01. The highest BCUT2D eigenvalue weighted by Gasteiger charge is 2.21. The summed E-state index contributed by atoms with van der Waals surface area (Å²) in [7, 11) is -3.46. The van der Waals surface area contributed by atoms with Gasteiger partial charge in [-0.1, -0.05) is 50.2 Å². The molecule has 2 aromatic carbocycles. The SMILES string of the molecule is CCCS(=O)(=O)c1ccccc1C(=O)NCc1cccc(CN2CCC(C)CC2)c1. The fraction of sp³-hybridized carbons (Fsp3) is 0.458. The van der Waals surface area contributed by atoms with Crippen molar-refractivity contribution in [3.8, 4) is 0 Å². The fourth-order valence-corrected chi connectivity index (χ4v) is 5.44. The third kappa shape index (κ3) is 5.92. The predicted octanol–water partition coefficient (Wildman–Crippen LogP) is 4.03. The lowest BCUT2D eigenvalue weighted by Crippen LogP contribution is -2.32. The zero-order chi connectivity index (χ0) is 21.6. The van der Waals surface area contributed by atoms with Crippen LogP contribution >= 0.6 is 0 Å². The Kier molecular flexibility index (Phi) is 7.67. The van der Waals surface area contributed by atoms with Gasteiger partial charge in [0.05, 0.1) is 16.2 Å². The lowest BCUT2D eigenvalue weighted by molar-refractivity contribution is 0.0947. The van der Waals surface area contributed by atoms with Crippen LogP contribution in [0.3, 0.4) is 0 Å². The molecule has 3 rings (SSSR count). The van der Waals surface area contributed by atoms with E-state index in [2.05, 4.69) is 29.3 Å². The van der Waals surface area contributed by atoms with E-state index in [1.165, 1.54) is 24.5 Å². The van der Waals surface area contributed by atoms with Crippen molar-refractivity contribution in [3.05, 3.63) is 65.2 Å². The van der Waals surface area contributed by atoms with Crippen LogP contribution in [-0.2, 0) is 22.9 Å². The Labute approximate surface area is 180 Å². The van der Waals surface area contributed by atoms with Crippen LogP contribution in [0.5, 0.6) is 0 Å². The second kappa shape index (κ2) is 10.2. The Morgan fingerprint density at radius 3 is 2.50 bits per heavy atom. The summed E-state index contributed by atoms with van der Waals surface area (Å²) in [5.74, 6) is 0.488. The summed E-state index contributed by atoms with van der Waals surface area (Å²) in [4.78, 5) is 15.3. The normalized spacial score (nSPS) is 15.8. The van der Waals surface area contributed by atoms with Crippen LogP contribution in [0, 0.1) is 5.92 Å². The van der Waals surface area contributed by atoms with Gasteiger partial charge in [-0.2, -0.15) is 0 Å². The standard InChI is InChI=1S/C24H32N2O3S/c1-3-15-30(28,29)23-10-5-4-9-22(23)24(27)25-17-20-7-6-8-21(16-20)18-26-13-11-19(2)12-14-26/h4-10,16,19H,3,11-15,17-18H2,1-2H3,(H,25,27). The van der Waals surface area contributed by atoms with Crippen LogP contribution in [0.2, 0.25) is 0 Å². The number of sulfone groups is 1. The predicted molar refractivity (Wildman–Crippen MR) is 120 cm³/mol. The molecule has 2 aromatic rings. The van der Waals surface area contributed by atoms with Crippen LogP contribution < -0.4 is 5.32 Å². The molecule has 0 saturated carbocycles. The Hall–Kier alpha value is -2.18. The van der Waals surface area contributed by atoms with Crippen molar-refractivity contribution in [1.29, 1.82) is 0 Å². The van der Waals surface area contributed by atoms with E-state index in [9.17, 15) is 13.2 Å². The minimum Gasteiger partial charge on any atom is -0.348 e. The number of hydrogen-bond donors (Lipinski definition) is 1. The van der Waals surface area contributed by atoms with Crippen LogP contribution in [0.25, 0.3) is 0 Å². The topological polar surface area (TPSA) is 66.5 Å². The second-order valence-corrected chi connectivity index (χ2v) is 10.4. The van der Waals surface area contributed by atoms with Gasteiger partial charge in [0.1, 0.15) is 0 Å². The average molecular weight is 429 g/mol. The molecule has 5 nitrogen and oxygen atoms in total. The molecule has 1 fully saturated rings. The first kappa shape index (κ1) is 22.5. The summed E-state index contributed by atoms with van der Waals surface area (Å²) in [5.41, 5.74) is 2.46. The summed E-state index contributed by atoms with van der Waals surface area (Å²) >= 11 is 0. The number of nitrogens with one attached hydrogen (secondary N) is 1. The summed E-state index contributed by atoms with van der Waals surface area (Å²) in [6, 6.07) is 14.7. The van der Waals surface area contributed by atoms with E-state index in [0.29, 0.717) is 13.0 Å². The van der Waals surface area contributed by atoms with Crippen molar-refractivity contribution in [2.24, 2.45) is 5.92 Å². The highest BCUT2D eigenvalue weighted by molar-refractivity contribution is 7.91. The van der Waals surface area contributed by atoms with Gasteiger partial charge in [-0.15, -0.1) is 0 Å². The van der Waals surface area contributed by atoms with Gasteiger partial charge in [0.15, 0.2) is 9.84 Å². The Morgan fingerprint density at radius 1 is 1.07 bits per heavy atom. The molecule has 1 amide bonds.